The maximum absolute atomic E-state index is 10.5. The van der Waals surface area contributed by atoms with Crippen LogP contribution in [-0.2, 0) is 9.53 Å². The van der Waals surface area contributed by atoms with Gasteiger partial charge in [-0.1, -0.05) is 50.5 Å². The van der Waals surface area contributed by atoms with Gasteiger partial charge >= 0.3 is 5.97 Å². The maximum atomic E-state index is 10.5. The molecule has 0 aromatic carbocycles. The summed E-state index contributed by atoms with van der Waals surface area (Å²) in [6.07, 6.45) is 8.01. The summed E-state index contributed by atoms with van der Waals surface area (Å²) in [6, 6.07) is 0. The number of hydrogen-bond donors (Lipinski definition) is 4. The van der Waals surface area contributed by atoms with Crippen molar-refractivity contribution < 1.29 is 30.0 Å². The number of carboxylic acid groups (broad SMARTS) is 1. The highest BCUT2D eigenvalue weighted by Crippen LogP contribution is 2.29. The lowest BCUT2D eigenvalue weighted by Crippen LogP contribution is -2.43. The van der Waals surface area contributed by atoms with Crippen LogP contribution in [0.1, 0.15) is 51.9 Å². The van der Waals surface area contributed by atoms with Crippen molar-refractivity contribution in [3.05, 3.63) is 24.3 Å². The standard InChI is InChI=1S/C18H30O6/c1-2-3-4-7-13(19)10-11-16-14(8-5-6-9-17(21)22)15(20)12-18(23)24-16/h5-6,10-11,13-16,18-20,23H,2-4,7-9,12H2,1H3,(H,21,22)/b6-5-,11-10+/t13-,14-,15-,16+,18?/m0/s1. The van der Waals surface area contributed by atoms with Gasteiger partial charge in [-0.05, 0) is 12.8 Å². The largest absolute Gasteiger partial charge is 0.481 e. The summed E-state index contributed by atoms with van der Waals surface area (Å²) in [5, 5.41) is 38.4. The molecule has 0 aliphatic carbocycles. The van der Waals surface area contributed by atoms with Crippen molar-refractivity contribution in [1.29, 1.82) is 0 Å². The SMILES string of the molecule is CCCCC[C@H](O)/C=C/[C@H]1OC(O)C[C@H](O)[C@@H]1C/C=C\CC(=O)O. The van der Waals surface area contributed by atoms with Gasteiger partial charge in [-0.15, -0.1) is 0 Å². The van der Waals surface area contributed by atoms with Gasteiger partial charge in [0.25, 0.3) is 0 Å². The molecule has 1 aliphatic rings. The van der Waals surface area contributed by atoms with Gasteiger partial charge in [-0.3, -0.25) is 4.79 Å². The number of unbranched alkanes of at least 4 members (excludes halogenated alkanes) is 2. The Balaban J connectivity index is 2.60. The number of aliphatic hydroxyl groups excluding tert-OH is 3. The van der Waals surface area contributed by atoms with Crippen LogP contribution in [0.3, 0.4) is 0 Å². The van der Waals surface area contributed by atoms with E-state index in [0.717, 1.165) is 19.3 Å². The highest BCUT2D eigenvalue weighted by molar-refractivity contribution is 5.68. The highest BCUT2D eigenvalue weighted by Gasteiger charge is 2.35. The van der Waals surface area contributed by atoms with Crippen molar-refractivity contribution in [2.24, 2.45) is 5.92 Å². The first-order valence-electron chi connectivity index (χ1n) is 8.68. The Morgan fingerprint density at radius 1 is 1.29 bits per heavy atom. The summed E-state index contributed by atoms with van der Waals surface area (Å²) >= 11 is 0. The number of carbonyl (C=O) groups is 1. The third kappa shape index (κ3) is 8.06. The molecule has 1 fully saturated rings. The zero-order chi connectivity index (χ0) is 17.9. The first-order valence-corrected chi connectivity index (χ1v) is 8.68. The quantitative estimate of drug-likeness (QED) is 0.357. The van der Waals surface area contributed by atoms with E-state index in [0.29, 0.717) is 12.8 Å². The number of aliphatic hydroxyl groups is 3. The monoisotopic (exact) mass is 342 g/mol. The molecule has 1 rings (SSSR count). The van der Waals surface area contributed by atoms with Gasteiger partial charge in [0.15, 0.2) is 6.29 Å². The summed E-state index contributed by atoms with van der Waals surface area (Å²) in [5.41, 5.74) is 0. The molecule has 1 unspecified atom stereocenters. The summed E-state index contributed by atoms with van der Waals surface area (Å²) in [4.78, 5) is 10.5. The van der Waals surface area contributed by atoms with Crippen LogP contribution in [0.5, 0.6) is 0 Å². The van der Waals surface area contributed by atoms with Crippen LogP contribution in [0, 0.1) is 5.92 Å². The molecule has 1 heterocycles. The first kappa shape index (κ1) is 20.8. The van der Waals surface area contributed by atoms with E-state index in [4.69, 9.17) is 9.84 Å². The molecule has 5 atom stereocenters. The van der Waals surface area contributed by atoms with Gasteiger partial charge in [0, 0.05) is 12.3 Å². The lowest BCUT2D eigenvalue weighted by Gasteiger charge is -2.36. The van der Waals surface area contributed by atoms with Crippen molar-refractivity contribution in [3.8, 4) is 0 Å². The number of carboxylic acids is 1. The summed E-state index contributed by atoms with van der Waals surface area (Å²) < 4.78 is 5.47. The second kappa shape index (κ2) is 11.4. The van der Waals surface area contributed by atoms with Crippen molar-refractivity contribution in [1.82, 2.24) is 0 Å². The van der Waals surface area contributed by atoms with Gasteiger partial charge in [-0.25, -0.2) is 0 Å². The molecular weight excluding hydrogens is 312 g/mol. The third-order valence-electron chi connectivity index (χ3n) is 4.17. The normalized spacial score (nSPS) is 29.3. The van der Waals surface area contributed by atoms with Crippen LogP contribution < -0.4 is 0 Å². The minimum Gasteiger partial charge on any atom is -0.481 e. The van der Waals surface area contributed by atoms with Crippen LogP contribution in [0.25, 0.3) is 0 Å². The molecule has 4 N–H and O–H groups in total. The smallest absolute Gasteiger partial charge is 0.307 e. The van der Waals surface area contributed by atoms with E-state index in [1.165, 1.54) is 0 Å². The molecule has 138 valence electrons. The molecule has 0 spiro atoms. The van der Waals surface area contributed by atoms with E-state index in [2.05, 4.69) is 6.92 Å². The lowest BCUT2D eigenvalue weighted by molar-refractivity contribution is -0.199. The highest BCUT2D eigenvalue weighted by atomic mass is 16.6. The number of allylic oxidation sites excluding steroid dienone is 1. The van der Waals surface area contributed by atoms with Gasteiger partial charge in [0.1, 0.15) is 0 Å². The van der Waals surface area contributed by atoms with E-state index in [-0.39, 0.29) is 18.8 Å². The first-order chi connectivity index (χ1) is 11.4. The minimum absolute atomic E-state index is 0.0665. The second-order valence-electron chi connectivity index (χ2n) is 6.28. The van der Waals surface area contributed by atoms with Crippen molar-refractivity contribution in [2.45, 2.75) is 76.5 Å². The zero-order valence-corrected chi connectivity index (χ0v) is 14.3. The molecule has 0 aromatic rings. The van der Waals surface area contributed by atoms with Crippen LogP contribution in [0.4, 0.5) is 0 Å². The molecular formula is C18H30O6. The van der Waals surface area contributed by atoms with Crippen LogP contribution >= 0.6 is 0 Å². The van der Waals surface area contributed by atoms with Crippen LogP contribution in [-0.4, -0.2) is 51.0 Å². The fourth-order valence-corrected chi connectivity index (χ4v) is 2.79. The second-order valence-corrected chi connectivity index (χ2v) is 6.28. The molecule has 0 radical (unpaired) electrons. The molecule has 0 bridgehead atoms. The zero-order valence-electron chi connectivity index (χ0n) is 14.3. The minimum atomic E-state index is -1.04. The Hall–Kier alpha value is -1.21. The summed E-state index contributed by atoms with van der Waals surface area (Å²) in [7, 11) is 0. The predicted molar refractivity (Wildman–Crippen MR) is 90.3 cm³/mol. The van der Waals surface area contributed by atoms with Gasteiger partial charge in [0.05, 0.1) is 24.7 Å². The van der Waals surface area contributed by atoms with Crippen molar-refractivity contribution in [3.63, 3.8) is 0 Å². The Labute approximate surface area is 143 Å². The fourth-order valence-electron chi connectivity index (χ4n) is 2.79. The average molecular weight is 342 g/mol. The molecule has 6 nitrogen and oxygen atoms in total. The van der Waals surface area contributed by atoms with E-state index in [1.54, 1.807) is 24.3 Å². The molecule has 0 saturated carbocycles. The summed E-state index contributed by atoms with van der Waals surface area (Å²) in [5.74, 6) is -1.19. The molecule has 24 heavy (non-hydrogen) atoms. The van der Waals surface area contributed by atoms with Crippen molar-refractivity contribution in [2.75, 3.05) is 0 Å². The molecule has 0 amide bonds. The maximum Gasteiger partial charge on any atom is 0.307 e. The molecule has 1 saturated heterocycles. The molecule has 6 heteroatoms. The van der Waals surface area contributed by atoms with E-state index >= 15 is 0 Å². The summed E-state index contributed by atoms with van der Waals surface area (Å²) in [6.45, 7) is 2.10. The van der Waals surface area contributed by atoms with Crippen LogP contribution in [0.2, 0.25) is 0 Å². The van der Waals surface area contributed by atoms with Gasteiger partial charge in [-0.2, -0.15) is 0 Å². The number of hydrogen-bond acceptors (Lipinski definition) is 5. The Morgan fingerprint density at radius 2 is 2.04 bits per heavy atom. The van der Waals surface area contributed by atoms with Crippen LogP contribution in [0.15, 0.2) is 24.3 Å². The number of rotatable bonds is 10. The predicted octanol–water partition coefficient (Wildman–Crippen LogP) is 1.99. The van der Waals surface area contributed by atoms with Gasteiger partial charge in [0.2, 0.25) is 0 Å². The third-order valence-corrected chi connectivity index (χ3v) is 4.17. The fraction of sp³-hybridized carbons (Fsp3) is 0.722. The van der Waals surface area contributed by atoms with E-state index < -0.39 is 30.6 Å². The topological polar surface area (TPSA) is 107 Å². The number of ether oxygens (including phenoxy) is 1. The lowest BCUT2D eigenvalue weighted by atomic mass is 9.87. The van der Waals surface area contributed by atoms with E-state index in [1.807, 2.05) is 0 Å². The van der Waals surface area contributed by atoms with E-state index in [9.17, 15) is 20.1 Å². The Bertz CT molecular complexity index is 420. The Kier molecular flexibility index (Phi) is 9.86. The molecule has 1 aliphatic heterocycles. The van der Waals surface area contributed by atoms with Crippen molar-refractivity contribution >= 4 is 5.97 Å². The van der Waals surface area contributed by atoms with Gasteiger partial charge < -0.3 is 25.2 Å². The Morgan fingerprint density at radius 3 is 2.71 bits per heavy atom. The average Bonchev–Trinajstić information content (AvgIpc) is 2.51. The molecule has 0 aromatic heterocycles. The number of aliphatic carboxylic acids is 1.